The smallest absolute Gasteiger partial charge is 0.333 e. The lowest BCUT2D eigenvalue weighted by molar-refractivity contribution is -0.135. The van der Waals surface area contributed by atoms with E-state index in [1.54, 1.807) is 30.0 Å². The number of aromatic nitrogens is 1. The Morgan fingerprint density at radius 2 is 1.80 bits per heavy atom. The minimum atomic E-state index is -0.567. The van der Waals surface area contributed by atoms with Crippen LogP contribution in [-0.4, -0.2) is 41.0 Å². The zero-order valence-electron chi connectivity index (χ0n) is 16.9. The van der Waals surface area contributed by atoms with Crippen LogP contribution in [-0.2, 0) is 20.9 Å². The second kappa shape index (κ2) is 10.3. The largest absolute Gasteiger partial charge is 0.463 e. The number of amides is 1. The van der Waals surface area contributed by atoms with Gasteiger partial charge in [0.1, 0.15) is 17.0 Å². The Balaban J connectivity index is 2.00. The van der Waals surface area contributed by atoms with Crippen LogP contribution in [0, 0.1) is 5.82 Å². The molecular weight excluding hydrogens is 407 g/mol. The molecule has 1 aliphatic heterocycles. The Hall–Kier alpha value is -2.74. The molecule has 0 aliphatic carbocycles. The molecule has 6 nitrogen and oxygen atoms in total. The van der Waals surface area contributed by atoms with E-state index in [0.717, 1.165) is 37.0 Å². The number of carbonyl (C=O) groups is 2. The summed E-state index contributed by atoms with van der Waals surface area (Å²) in [7, 11) is 0. The summed E-state index contributed by atoms with van der Waals surface area (Å²) in [6.07, 6.45) is 6.97. The predicted molar refractivity (Wildman–Crippen MR) is 114 cm³/mol. The van der Waals surface area contributed by atoms with Gasteiger partial charge < -0.3 is 9.64 Å². The highest BCUT2D eigenvalue weighted by Crippen LogP contribution is 2.10. The first-order chi connectivity index (χ1) is 14.5. The Kier molecular flexibility index (Phi) is 7.57. The fraction of sp³-hybridized carbons (Fsp3) is 0.409. The highest BCUT2D eigenvalue weighted by molar-refractivity contribution is 7.07. The third-order valence-electron chi connectivity index (χ3n) is 4.88. The fourth-order valence-corrected chi connectivity index (χ4v) is 4.37. The van der Waals surface area contributed by atoms with E-state index in [-0.39, 0.29) is 30.4 Å². The maximum atomic E-state index is 13.2. The molecule has 160 valence electrons. The lowest BCUT2D eigenvalue weighted by atomic mass is 10.2. The Morgan fingerprint density at radius 3 is 2.43 bits per heavy atom. The van der Waals surface area contributed by atoms with Crippen LogP contribution in [0.2, 0.25) is 0 Å². The number of hydrogen-bond donors (Lipinski definition) is 0. The van der Waals surface area contributed by atoms with Crippen molar-refractivity contribution in [1.82, 2.24) is 9.47 Å². The van der Waals surface area contributed by atoms with Gasteiger partial charge in [-0.15, -0.1) is 11.3 Å². The highest BCUT2D eigenvalue weighted by atomic mass is 32.1. The number of ether oxygens (including phenoxy) is 1. The summed E-state index contributed by atoms with van der Waals surface area (Å²) in [5, 5.41) is 0. The SMILES string of the molecule is CCOC(=O)/C=c1\s/c(=C\c2ccc(F)cc2)c(=O)n1CC(=O)N1CCCCCC1. The topological polar surface area (TPSA) is 68.6 Å². The van der Waals surface area contributed by atoms with Gasteiger partial charge in [-0.05, 0) is 43.5 Å². The third kappa shape index (κ3) is 5.66. The van der Waals surface area contributed by atoms with Crippen LogP contribution in [0.1, 0.15) is 38.2 Å². The van der Waals surface area contributed by atoms with Gasteiger partial charge in [0.15, 0.2) is 0 Å². The van der Waals surface area contributed by atoms with E-state index in [0.29, 0.717) is 27.8 Å². The van der Waals surface area contributed by atoms with E-state index < -0.39 is 5.97 Å². The molecule has 8 heteroatoms. The molecule has 0 bridgehead atoms. The minimum Gasteiger partial charge on any atom is -0.463 e. The zero-order chi connectivity index (χ0) is 21.5. The monoisotopic (exact) mass is 432 g/mol. The van der Waals surface area contributed by atoms with Gasteiger partial charge in [-0.3, -0.25) is 14.2 Å². The molecule has 0 atom stereocenters. The van der Waals surface area contributed by atoms with Crippen LogP contribution < -0.4 is 14.8 Å². The summed E-state index contributed by atoms with van der Waals surface area (Å²) in [5.74, 6) is -1.07. The molecule has 1 saturated heterocycles. The van der Waals surface area contributed by atoms with E-state index in [1.165, 1.54) is 22.8 Å². The van der Waals surface area contributed by atoms with E-state index in [2.05, 4.69) is 0 Å². The predicted octanol–water partition coefficient (Wildman–Crippen LogP) is 1.62. The van der Waals surface area contributed by atoms with Crippen LogP contribution in [0.15, 0.2) is 29.1 Å². The van der Waals surface area contributed by atoms with Gasteiger partial charge in [0.25, 0.3) is 5.56 Å². The van der Waals surface area contributed by atoms with Crippen LogP contribution in [0.25, 0.3) is 12.2 Å². The maximum absolute atomic E-state index is 13.2. The van der Waals surface area contributed by atoms with Crippen LogP contribution in [0.5, 0.6) is 0 Å². The summed E-state index contributed by atoms with van der Waals surface area (Å²) in [6.45, 7) is 3.15. The summed E-state index contributed by atoms with van der Waals surface area (Å²) in [6, 6.07) is 5.75. The molecule has 0 radical (unpaired) electrons. The molecule has 2 aromatic rings. The van der Waals surface area contributed by atoms with Crippen molar-refractivity contribution in [2.45, 2.75) is 39.2 Å². The third-order valence-corrected chi connectivity index (χ3v) is 5.94. The van der Waals surface area contributed by atoms with E-state index in [4.69, 9.17) is 4.74 Å². The number of thiazole rings is 1. The molecule has 2 heterocycles. The van der Waals surface area contributed by atoms with Crippen molar-refractivity contribution in [3.05, 3.63) is 55.2 Å². The molecule has 1 aromatic heterocycles. The van der Waals surface area contributed by atoms with E-state index in [9.17, 15) is 18.8 Å². The first-order valence-corrected chi connectivity index (χ1v) is 10.9. The maximum Gasteiger partial charge on any atom is 0.333 e. The van der Waals surface area contributed by atoms with Crippen molar-refractivity contribution in [1.29, 1.82) is 0 Å². The van der Waals surface area contributed by atoms with Crippen LogP contribution in [0.4, 0.5) is 4.39 Å². The Bertz CT molecular complexity index is 1060. The van der Waals surface area contributed by atoms with Gasteiger partial charge in [-0.2, -0.15) is 0 Å². The number of rotatable bonds is 5. The second-order valence-corrected chi connectivity index (χ2v) is 8.15. The van der Waals surface area contributed by atoms with Gasteiger partial charge in [-0.25, -0.2) is 9.18 Å². The minimum absolute atomic E-state index is 0.127. The molecular formula is C22H25FN2O4S. The van der Waals surface area contributed by atoms with Crippen LogP contribution >= 0.6 is 11.3 Å². The van der Waals surface area contributed by atoms with Gasteiger partial charge in [0.05, 0.1) is 17.2 Å². The lowest BCUT2D eigenvalue weighted by Crippen LogP contribution is -2.41. The average Bonchev–Trinajstić information content (AvgIpc) is 2.92. The van der Waals surface area contributed by atoms with Crippen molar-refractivity contribution < 1.29 is 18.7 Å². The standard InChI is InChI=1S/C22H25FN2O4S/c1-2-29-21(27)14-20-25(15-19(26)24-11-5-3-4-6-12-24)22(28)18(30-20)13-16-7-9-17(23)10-8-16/h7-10,13-14H,2-6,11-12,15H2,1H3/b18-13-,20-14-. The van der Waals surface area contributed by atoms with Crippen molar-refractivity contribution in [2.75, 3.05) is 19.7 Å². The summed E-state index contributed by atoms with van der Waals surface area (Å²) in [5.41, 5.74) is 0.298. The zero-order valence-corrected chi connectivity index (χ0v) is 17.8. The number of esters is 1. The second-order valence-electron chi connectivity index (χ2n) is 7.08. The number of nitrogens with zero attached hydrogens (tertiary/aromatic N) is 2. The highest BCUT2D eigenvalue weighted by Gasteiger charge is 2.18. The summed E-state index contributed by atoms with van der Waals surface area (Å²) >= 11 is 1.11. The van der Waals surface area contributed by atoms with Gasteiger partial charge in [-0.1, -0.05) is 25.0 Å². The molecule has 1 aromatic carbocycles. The molecule has 0 unspecified atom stereocenters. The number of hydrogen-bond acceptors (Lipinski definition) is 5. The van der Waals surface area contributed by atoms with Crippen molar-refractivity contribution in [3.8, 4) is 0 Å². The van der Waals surface area contributed by atoms with Crippen LogP contribution in [0.3, 0.4) is 0 Å². The Morgan fingerprint density at radius 1 is 1.13 bits per heavy atom. The molecule has 1 aliphatic rings. The number of halogens is 1. The first-order valence-electron chi connectivity index (χ1n) is 10.1. The quantitative estimate of drug-likeness (QED) is 0.674. The molecule has 30 heavy (non-hydrogen) atoms. The molecule has 0 saturated carbocycles. The molecule has 0 N–H and O–H groups in total. The van der Waals surface area contributed by atoms with Gasteiger partial charge in [0, 0.05) is 13.1 Å². The van der Waals surface area contributed by atoms with Gasteiger partial charge in [0.2, 0.25) is 5.91 Å². The van der Waals surface area contributed by atoms with Gasteiger partial charge >= 0.3 is 5.97 Å². The van der Waals surface area contributed by atoms with Crippen molar-refractivity contribution in [3.63, 3.8) is 0 Å². The van der Waals surface area contributed by atoms with Crippen molar-refractivity contribution >= 4 is 35.4 Å². The fourth-order valence-electron chi connectivity index (χ4n) is 3.34. The molecule has 1 amide bonds. The van der Waals surface area contributed by atoms with E-state index >= 15 is 0 Å². The molecule has 3 rings (SSSR count). The normalized spacial score (nSPS) is 15.9. The summed E-state index contributed by atoms with van der Waals surface area (Å²) < 4.78 is 20.2. The lowest BCUT2D eigenvalue weighted by Gasteiger charge is -2.20. The molecule has 1 fully saturated rings. The van der Waals surface area contributed by atoms with E-state index in [1.807, 2.05) is 0 Å². The number of carbonyl (C=O) groups excluding carboxylic acids is 2. The number of benzene rings is 1. The molecule has 0 spiro atoms. The average molecular weight is 433 g/mol. The Labute approximate surface area is 177 Å². The summed E-state index contributed by atoms with van der Waals surface area (Å²) in [4.78, 5) is 39.6. The number of likely N-dealkylation sites (tertiary alicyclic amines) is 1. The van der Waals surface area contributed by atoms with Crippen molar-refractivity contribution in [2.24, 2.45) is 0 Å². The first kappa shape index (κ1) is 22.0.